The Labute approximate surface area is 140 Å². The molecular formula is C23H28. The van der Waals surface area contributed by atoms with E-state index in [-0.39, 0.29) is 0 Å². The fraction of sp³-hybridized carbons (Fsp3) is 0.478. The molecule has 0 heterocycles. The molecule has 0 aromatic heterocycles. The van der Waals surface area contributed by atoms with Gasteiger partial charge in [-0.3, -0.25) is 0 Å². The van der Waals surface area contributed by atoms with Crippen LogP contribution in [0, 0.1) is 19.8 Å². The summed E-state index contributed by atoms with van der Waals surface area (Å²) in [5, 5.41) is 0. The topological polar surface area (TPSA) is 0 Å². The van der Waals surface area contributed by atoms with E-state index in [1.807, 2.05) is 0 Å². The summed E-state index contributed by atoms with van der Waals surface area (Å²) in [5.74, 6) is 1.58. The summed E-state index contributed by atoms with van der Waals surface area (Å²) < 4.78 is 0. The van der Waals surface area contributed by atoms with E-state index < -0.39 is 0 Å². The van der Waals surface area contributed by atoms with Crippen molar-refractivity contribution >= 4 is 0 Å². The maximum atomic E-state index is 2.44. The SMILES string of the molecule is Cc1ccc(C2CCc3c(ccc4c3CCC(C)C4)C2)cc1C. The monoisotopic (exact) mass is 304 g/mol. The Balaban J connectivity index is 1.64. The lowest BCUT2D eigenvalue weighted by molar-refractivity contribution is 0.492. The highest BCUT2D eigenvalue weighted by Gasteiger charge is 2.25. The van der Waals surface area contributed by atoms with Crippen LogP contribution in [0.5, 0.6) is 0 Å². The first-order valence-electron chi connectivity index (χ1n) is 9.31. The number of hydrogen-bond acceptors (Lipinski definition) is 0. The Kier molecular flexibility index (Phi) is 3.79. The molecular weight excluding hydrogens is 276 g/mol. The van der Waals surface area contributed by atoms with Crippen molar-refractivity contribution in [3.05, 3.63) is 69.3 Å². The first-order chi connectivity index (χ1) is 11.1. The van der Waals surface area contributed by atoms with Crippen LogP contribution < -0.4 is 0 Å². The molecule has 2 aliphatic carbocycles. The molecule has 0 nitrogen and oxygen atoms in total. The number of hydrogen-bond donors (Lipinski definition) is 0. The quantitative estimate of drug-likeness (QED) is 0.634. The van der Waals surface area contributed by atoms with Gasteiger partial charge in [-0.05, 0) is 103 Å². The molecule has 120 valence electrons. The third kappa shape index (κ3) is 2.73. The number of rotatable bonds is 1. The standard InChI is InChI=1S/C23H28/c1-15-4-10-22-20(12-15)7-8-21-14-19(9-11-23(21)22)18-6-5-16(2)17(3)13-18/h5-8,13,15,19H,4,9-12,14H2,1-3H3. The number of fused-ring (bicyclic) bond motifs is 3. The van der Waals surface area contributed by atoms with E-state index in [2.05, 4.69) is 51.1 Å². The van der Waals surface area contributed by atoms with E-state index in [1.54, 1.807) is 27.8 Å². The molecule has 0 heteroatoms. The van der Waals surface area contributed by atoms with Gasteiger partial charge in [-0.25, -0.2) is 0 Å². The number of benzene rings is 2. The van der Waals surface area contributed by atoms with Crippen molar-refractivity contribution in [3.8, 4) is 0 Å². The fourth-order valence-corrected chi connectivity index (χ4v) is 4.65. The smallest absolute Gasteiger partial charge is 0.0118 e. The van der Waals surface area contributed by atoms with Gasteiger partial charge in [0.1, 0.15) is 0 Å². The van der Waals surface area contributed by atoms with Crippen molar-refractivity contribution in [1.82, 2.24) is 0 Å². The molecule has 2 aliphatic rings. The summed E-state index contributed by atoms with van der Waals surface area (Å²) >= 11 is 0. The molecule has 23 heavy (non-hydrogen) atoms. The largest absolute Gasteiger partial charge is 0.0622 e. The lowest BCUT2D eigenvalue weighted by Crippen LogP contribution is -2.19. The molecule has 0 aliphatic heterocycles. The molecule has 0 spiro atoms. The van der Waals surface area contributed by atoms with E-state index in [0.29, 0.717) is 5.92 Å². The van der Waals surface area contributed by atoms with Crippen molar-refractivity contribution in [1.29, 1.82) is 0 Å². The van der Waals surface area contributed by atoms with Crippen LogP contribution in [0.4, 0.5) is 0 Å². The minimum absolute atomic E-state index is 0.711. The normalized spacial score (nSPS) is 23.3. The second-order valence-corrected chi connectivity index (χ2v) is 7.97. The van der Waals surface area contributed by atoms with Gasteiger partial charge in [-0.1, -0.05) is 37.3 Å². The van der Waals surface area contributed by atoms with E-state index in [9.17, 15) is 0 Å². The van der Waals surface area contributed by atoms with Crippen LogP contribution >= 0.6 is 0 Å². The molecule has 0 saturated heterocycles. The van der Waals surface area contributed by atoms with Gasteiger partial charge in [-0.2, -0.15) is 0 Å². The van der Waals surface area contributed by atoms with E-state index in [4.69, 9.17) is 0 Å². The molecule has 2 unspecified atom stereocenters. The minimum atomic E-state index is 0.711. The molecule has 2 aromatic carbocycles. The number of aryl methyl sites for hydroxylation is 2. The van der Waals surface area contributed by atoms with Crippen molar-refractivity contribution < 1.29 is 0 Å². The van der Waals surface area contributed by atoms with Crippen molar-refractivity contribution in [2.75, 3.05) is 0 Å². The van der Waals surface area contributed by atoms with Crippen LogP contribution in [0.1, 0.15) is 64.6 Å². The second-order valence-electron chi connectivity index (χ2n) is 7.97. The van der Waals surface area contributed by atoms with Gasteiger partial charge in [0.25, 0.3) is 0 Å². The lowest BCUT2D eigenvalue weighted by Gasteiger charge is -2.31. The summed E-state index contributed by atoms with van der Waals surface area (Å²) in [6.07, 6.45) is 7.83. The zero-order chi connectivity index (χ0) is 16.0. The highest BCUT2D eigenvalue weighted by Crippen LogP contribution is 2.38. The van der Waals surface area contributed by atoms with Gasteiger partial charge in [-0.15, -0.1) is 0 Å². The van der Waals surface area contributed by atoms with Crippen molar-refractivity contribution in [2.45, 2.75) is 65.2 Å². The zero-order valence-corrected chi connectivity index (χ0v) is 14.8. The fourth-order valence-electron chi connectivity index (χ4n) is 4.65. The molecule has 2 aromatic rings. The van der Waals surface area contributed by atoms with Crippen molar-refractivity contribution in [2.24, 2.45) is 5.92 Å². The summed E-state index contributed by atoms with van der Waals surface area (Å²) in [7, 11) is 0. The molecule has 0 radical (unpaired) electrons. The van der Waals surface area contributed by atoms with Gasteiger partial charge in [0.2, 0.25) is 0 Å². The first kappa shape index (κ1) is 15.0. The maximum Gasteiger partial charge on any atom is -0.0118 e. The highest BCUT2D eigenvalue weighted by atomic mass is 14.3. The molecule has 0 fully saturated rings. The molecule has 0 bridgehead atoms. The van der Waals surface area contributed by atoms with Gasteiger partial charge in [0.15, 0.2) is 0 Å². The Morgan fingerprint density at radius 3 is 2.22 bits per heavy atom. The van der Waals surface area contributed by atoms with Gasteiger partial charge in [0.05, 0.1) is 0 Å². The predicted octanol–water partition coefficient (Wildman–Crippen LogP) is 5.70. The van der Waals surface area contributed by atoms with Crippen LogP contribution in [0.25, 0.3) is 0 Å². The average Bonchev–Trinajstić information content (AvgIpc) is 2.56. The van der Waals surface area contributed by atoms with E-state index in [0.717, 1.165) is 5.92 Å². The van der Waals surface area contributed by atoms with Gasteiger partial charge in [0, 0.05) is 0 Å². The molecule has 4 rings (SSSR count). The zero-order valence-electron chi connectivity index (χ0n) is 14.8. The van der Waals surface area contributed by atoms with Crippen LogP contribution in [-0.2, 0) is 25.7 Å². The molecule has 2 atom stereocenters. The van der Waals surface area contributed by atoms with Gasteiger partial charge >= 0.3 is 0 Å². The van der Waals surface area contributed by atoms with Crippen LogP contribution in [0.3, 0.4) is 0 Å². The molecule has 0 saturated carbocycles. The van der Waals surface area contributed by atoms with Crippen LogP contribution in [0.15, 0.2) is 30.3 Å². The predicted molar refractivity (Wildman–Crippen MR) is 98.3 cm³/mol. The maximum absolute atomic E-state index is 2.44. The minimum Gasteiger partial charge on any atom is -0.0622 e. The van der Waals surface area contributed by atoms with Crippen LogP contribution in [0.2, 0.25) is 0 Å². The summed E-state index contributed by atoms with van der Waals surface area (Å²) in [4.78, 5) is 0. The lowest BCUT2D eigenvalue weighted by atomic mass is 9.74. The second kappa shape index (κ2) is 5.82. The van der Waals surface area contributed by atoms with Gasteiger partial charge < -0.3 is 0 Å². The molecule has 0 N–H and O–H groups in total. The Morgan fingerprint density at radius 2 is 1.48 bits per heavy atom. The summed E-state index contributed by atoms with van der Waals surface area (Å²) in [5.41, 5.74) is 11.1. The van der Waals surface area contributed by atoms with Crippen molar-refractivity contribution in [3.63, 3.8) is 0 Å². The summed E-state index contributed by atoms with van der Waals surface area (Å²) in [6.45, 7) is 6.86. The van der Waals surface area contributed by atoms with Crippen LogP contribution in [-0.4, -0.2) is 0 Å². The first-order valence-corrected chi connectivity index (χ1v) is 9.31. The molecule has 0 amide bonds. The summed E-state index contributed by atoms with van der Waals surface area (Å²) in [6, 6.07) is 12.0. The highest BCUT2D eigenvalue weighted by molar-refractivity contribution is 5.46. The Hall–Kier alpha value is -1.56. The average molecular weight is 304 g/mol. The Bertz CT molecular complexity index is 738. The van der Waals surface area contributed by atoms with E-state index >= 15 is 0 Å². The third-order valence-corrected chi connectivity index (χ3v) is 6.29. The van der Waals surface area contributed by atoms with E-state index in [1.165, 1.54) is 49.7 Å². The Morgan fingerprint density at radius 1 is 0.783 bits per heavy atom. The third-order valence-electron chi connectivity index (χ3n) is 6.29.